The van der Waals surface area contributed by atoms with Gasteiger partial charge in [-0.15, -0.1) is 0 Å². The molecule has 1 amide bonds. The predicted molar refractivity (Wildman–Crippen MR) is 121 cm³/mol. The van der Waals surface area contributed by atoms with E-state index >= 15 is 0 Å². The highest BCUT2D eigenvalue weighted by atomic mass is 16.5. The lowest BCUT2D eigenvalue weighted by Crippen LogP contribution is -2.43. The van der Waals surface area contributed by atoms with Crippen LogP contribution in [0.2, 0.25) is 0 Å². The van der Waals surface area contributed by atoms with E-state index in [-0.39, 0.29) is 11.0 Å². The Morgan fingerprint density at radius 1 is 1.03 bits per heavy atom. The molecule has 0 saturated heterocycles. The number of nitrogens with zero attached hydrogens (tertiary/aromatic N) is 3. The third-order valence-electron chi connectivity index (χ3n) is 5.14. The van der Waals surface area contributed by atoms with Gasteiger partial charge in [-0.3, -0.25) is 9.59 Å². The molecule has 0 radical (unpaired) electrons. The number of carbonyl (C=O) groups excluding carboxylic acids is 1. The minimum Gasteiger partial charge on any atom is -0.497 e. The third-order valence-corrected chi connectivity index (χ3v) is 5.14. The summed E-state index contributed by atoms with van der Waals surface area (Å²) >= 11 is 0. The van der Waals surface area contributed by atoms with Crippen LogP contribution in [0.5, 0.6) is 5.75 Å². The number of nitrogens with one attached hydrogen (secondary N) is 1. The normalized spacial score (nSPS) is 10.8. The van der Waals surface area contributed by atoms with Crippen LogP contribution in [0.3, 0.4) is 0 Å². The summed E-state index contributed by atoms with van der Waals surface area (Å²) in [6.07, 6.45) is 1.51. The maximum atomic E-state index is 13.3. The van der Waals surface area contributed by atoms with Crippen LogP contribution in [-0.4, -0.2) is 27.1 Å². The highest BCUT2D eigenvalue weighted by Crippen LogP contribution is 2.16. The molecule has 4 rings (SSSR count). The van der Waals surface area contributed by atoms with Crippen molar-refractivity contribution in [3.63, 3.8) is 0 Å². The Kier molecular flexibility index (Phi) is 5.85. The van der Waals surface area contributed by atoms with Crippen LogP contribution < -0.4 is 21.3 Å². The Morgan fingerprint density at radius 3 is 2.44 bits per heavy atom. The highest BCUT2D eigenvalue weighted by molar-refractivity contribution is 5.78. The maximum Gasteiger partial charge on any atom is 0.337 e. The largest absolute Gasteiger partial charge is 0.497 e. The van der Waals surface area contributed by atoms with Gasteiger partial charge in [0.05, 0.1) is 18.2 Å². The number of amides is 1. The van der Waals surface area contributed by atoms with Crippen molar-refractivity contribution in [3.8, 4) is 11.4 Å². The van der Waals surface area contributed by atoms with Crippen molar-refractivity contribution < 1.29 is 9.53 Å². The topological polar surface area (TPSA) is 95.2 Å². The number of aryl methyl sites for hydroxylation is 1. The second kappa shape index (κ2) is 8.89. The molecule has 0 spiro atoms. The first kappa shape index (κ1) is 21.0. The molecule has 2 aromatic carbocycles. The minimum absolute atomic E-state index is 0.226. The first-order valence-electron chi connectivity index (χ1n) is 10.0. The van der Waals surface area contributed by atoms with Crippen LogP contribution in [-0.2, 0) is 17.9 Å². The predicted octanol–water partition coefficient (Wildman–Crippen LogP) is 2.18. The number of carbonyl (C=O) groups is 1. The molecule has 0 aliphatic heterocycles. The van der Waals surface area contributed by atoms with Gasteiger partial charge in [0, 0.05) is 12.7 Å². The van der Waals surface area contributed by atoms with Crippen LogP contribution in [0.1, 0.15) is 11.1 Å². The van der Waals surface area contributed by atoms with Gasteiger partial charge in [-0.05, 0) is 48.9 Å². The number of rotatable bonds is 6. The Labute approximate surface area is 183 Å². The van der Waals surface area contributed by atoms with Crippen molar-refractivity contribution in [2.45, 2.75) is 20.0 Å². The fourth-order valence-corrected chi connectivity index (χ4v) is 3.40. The van der Waals surface area contributed by atoms with E-state index in [1.54, 1.807) is 43.5 Å². The molecule has 2 heterocycles. The molecule has 0 bridgehead atoms. The Morgan fingerprint density at radius 2 is 1.75 bits per heavy atom. The van der Waals surface area contributed by atoms with Crippen LogP contribution in [0, 0.1) is 6.92 Å². The van der Waals surface area contributed by atoms with E-state index in [1.807, 2.05) is 31.2 Å². The zero-order valence-corrected chi connectivity index (χ0v) is 17.7. The Balaban J connectivity index is 1.71. The smallest absolute Gasteiger partial charge is 0.337 e. The van der Waals surface area contributed by atoms with E-state index in [0.29, 0.717) is 18.0 Å². The molecule has 162 valence electrons. The lowest BCUT2D eigenvalue weighted by Gasteiger charge is -2.14. The first-order chi connectivity index (χ1) is 15.5. The molecule has 0 fully saturated rings. The van der Waals surface area contributed by atoms with Crippen LogP contribution >= 0.6 is 0 Å². The summed E-state index contributed by atoms with van der Waals surface area (Å²) in [7, 11) is 1.55. The maximum absolute atomic E-state index is 13.3. The third kappa shape index (κ3) is 4.15. The summed E-state index contributed by atoms with van der Waals surface area (Å²) in [5.41, 5.74) is 1.58. The number of hydrogen-bond acceptors (Lipinski definition) is 5. The van der Waals surface area contributed by atoms with Gasteiger partial charge in [-0.1, -0.05) is 29.8 Å². The number of aromatic nitrogens is 3. The zero-order chi connectivity index (χ0) is 22.7. The van der Waals surface area contributed by atoms with Crippen molar-refractivity contribution in [2.24, 2.45) is 0 Å². The van der Waals surface area contributed by atoms with Crippen molar-refractivity contribution in [1.29, 1.82) is 0 Å². The van der Waals surface area contributed by atoms with Gasteiger partial charge in [0.1, 0.15) is 12.3 Å². The molecular formula is C24H22N4O4. The van der Waals surface area contributed by atoms with Crippen LogP contribution in [0.25, 0.3) is 16.7 Å². The van der Waals surface area contributed by atoms with E-state index in [2.05, 4.69) is 10.3 Å². The number of benzene rings is 2. The van der Waals surface area contributed by atoms with Gasteiger partial charge < -0.3 is 10.1 Å². The first-order valence-corrected chi connectivity index (χ1v) is 10.0. The van der Waals surface area contributed by atoms with Crippen molar-refractivity contribution in [1.82, 2.24) is 19.4 Å². The summed E-state index contributed by atoms with van der Waals surface area (Å²) in [5, 5.41) is 3.01. The fourth-order valence-electron chi connectivity index (χ4n) is 3.40. The van der Waals surface area contributed by atoms with E-state index in [1.165, 1.54) is 10.8 Å². The summed E-state index contributed by atoms with van der Waals surface area (Å²) in [6, 6.07) is 17.8. The summed E-state index contributed by atoms with van der Waals surface area (Å²) in [4.78, 5) is 43.1. The molecular weight excluding hydrogens is 408 g/mol. The molecule has 0 unspecified atom stereocenters. The summed E-state index contributed by atoms with van der Waals surface area (Å²) < 4.78 is 7.43. The van der Waals surface area contributed by atoms with E-state index in [4.69, 9.17) is 4.74 Å². The van der Waals surface area contributed by atoms with Gasteiger partial charge in [-0.2, -0.15) is 0 Å². The molecule has 32 heavy (non-hydrogen) atoms. The monoisotopic (exact) mass is 430 g/mol. The summed E-state index contributed by atoms with van der Waals surface area (Å²) in [6.45, 7) is 1.89. The van der Waals surface area contributed by atoms with Gasteiger partial charge in [0.25, 0.3) is 5.56 Å². The van der Waals surface area contributed by atoms with Crippen molar-refractivity contribution in [2.75, 3.05) is 7.11 Å². The molecule has 0 aliphatic rings. The quantitative estimate of drug-likeness (QED) is 0.506. The fraction of sp³-hybridized carbons (Fsp3) is 0.167. The van der Waals surface area contributed by atoms with Gasteiger partial charge >= 0.3 is 5.69 Å². The van der Waals surface area contributed by atoms with Gasteiger partial charge in [-0.25, -0.2) is 18.9 Å². The molecule has 1 N–H and O–H groups in total. The summed E-state index contributed by atoms with van der Waals surface area (Å²) in [5.74, 6) is 0.192. The second-order valence-electron chi connectivity index (χ2n) is 7.34. The number of ether oxygens (including phenoxy) is 1. The number of hydrogen-bond donors (Lipinski definition) is 1. The SMILES string of the molecule is COc1ccc(-n2c(=O)n(CC(=O)NCc3ccc(C)cc3)c(=O)c3cccnc32)cc1. The highest BCUT2D eigenvalue weighted by Gasteiger charge is 2.17. The second-order valence-corrected chi connectivity index (χ2v) is 7.34. The molecule has 2 aromatic heterocycles. The van der Waals surface area contributed by atoms with E-state index < -0.39 is 23.7 Å². The van der Waals surface area contributed by atoms with Crippen LogP contribution in [0.15, 0.2) is 76.4 Å². The minimum atomic E-state index is -0.642. The zero-order valence-electron chi connectivity index (χ0n) is 17.7. The number of fused-ring (bicyclic) bond motifs is 1. The average molecular weight is 430 g/mol. The van der Waals surface area contributed by atoms with Gasteiger partial charge in [0.15, 0.2) is 5.65 Å². The molecule has 8 nitrogen and oxygen atoms in total. The lowest BCUT2D eigenvalue weighted by atomic mass is 10.1. The molecule has 0 aliphatic carbocycles. The molecule has 0 saturated carbocycles. The average Bonchev–Trinajstić information content (AvgIpc) is 2.82. The number of methoxy groups -OCH3 is 1. The van der Waals surface area contributed by atoms with Crippen molar-refractivity contribution in [3.05, 3.63) is 98.8 Å². The van der Waals surface area contributed by atoms with E-state index in [0.717, 1.165) is 15.7 Å². The van der Waals surface area contributed by atoms with Crippen LogP contribution in [0.4, 0.5) is 0 Å². The van der Waals surface area contributed by atoms with E-state index in [9.17, 15) is 14.4 Å². The lowest BCUT2D eigenvalue weighted by molar-refractivity contribution is -0.121. The number of pyridine rings is 1. The molecule has 4 aromatic rings. The Hall–Kier alpha value is -4.20. The van der Waals surface area contributed by atoms with Crippen molar-refractivity contribution >= 4 is 16.9 Å². The molecule has 8 heteroatoms. The van der Waals surface area contributed by atoms with Gasteiger partial charge in [0.2, 0.25) is 5.91 Å². The standard InChI is InChI=1S/C24H22N4O4/c1-16-5-7-17(8-6-16)14-26-21(29)15-27-23(30)20-4-3-13-25-22(20)28(24(27)31)18-9-11-19(32-2)12-10-18/h3-13H,14-15H2,1-2H3,(H,26,29). The molecule has 0 atom stereocenters. The Bertz CT molecular complexity index is 1390.